The molecule has 1 aliphatic rings. The Kier molecular flexibility index (Phi) is 5.34. The van der Waals surface area contributed by atoms with Gasteiger partial charge in [-0.25, -0.2) is 0 Å². The molecule has 2 aromatic heterocycles. The van der Waals surface area contributed by atoms with Crippen molar-refractivity contribution in [2.24, 2.45) is 13.0 Å². The Morgan fingerprint density at radius 3 is 2.70 bits per heavy atom. The van der Waals surface area contributed by atoms with Crippen LogP contribution in [0.3, 0.4) is 0 Å². The number of likely N-dealkylation sites (tertiary alicyclic amines) is 1. The molecule has 1 aliphatic heterocycles. The van der Waals surface area contributed by atoms with Gasteiger partial charge in [0.1, 0.15) is 5.56 Å². The maximum Gasteiger partial charge on any atom is 0.260 e. The van der Waals surface area contributed by atoms with Crippen molar-refractivity contribution in [1.29, 1.82) is 0 Å². The van der Waals surface area contributed by atoms with Crippen molar-refractivity contribution in [1.82, 2.24) is 24.9 Å². The molecule has 0 saturated carbocycles. The summed E-state index contributed by atoms with van der Waals surface area (Å²) in [7, 11) is 3.29. The van der Waals surface area contributed by atoms with E-state index in [0.29, 0.717) is 37.0 Å². The average Bonchev–Trinajstić information content (AvgIpc) is 3.25. The van der Waals surface area contributed by atoms with Gasteiger partial charge in [-0.3, -0.25) is 9.48 Å². The molecule has 3 rings (SSSR count). The molecule has 1 fully saturated rings. The monoisotopic (exact) mass is 373 g/mol. The Labute approximate surface area is 159 Å². The van der Waals surface area contributed by atoms with E-state index in [1.807, 2.05) is 17.0 Å². The van der Waals surface area contributed by atoms with Crippen LogP contribution in [-0.2, 0) is 12.5 Å². The number of rotatable bonds is 5. The third-order valence-electron chi connectivity index (χ3n) is 4.67. The molecule has 146 valence electrons. The molecule has 1 unspecified atom stereocenters. The summed E-state index contributed by atoms with van der Waals surface area (Å²) in [5.41, 5.74) is 1.38. The van der Waals surface area contributed by atoms with Crippen LogP contribution in [0, 0.1) is 5.92 Å². The minimum atomic E-state index is -0.0585. The van der Waals surface area contributed by atoms with Crippen molar-refractivity contribution in [2.75, 3.05) is 26.8 Å². The number of carbonyl (C=O) groups is 1. The molecule has 1 saturated heterocycles. The maximum atomic E-state index is 12.7. The largest absolute Gasteiger partial charge is 0.479 e. The van der Waals surface area contributed by atoms with E-state index in [2.05, 4.69) is 36.1 Å². The normalized spacial score (nSPS) is 17.2. The average molecular weight is 373 g/mol. The zero-order chi connectivity index (χ0) is 19.6. The number of ether oxygens (including phenoxy) is 2. The molecule has 27 heavy (non-hydrogen) atoms. The molecule has 8 heteroatoms. The van der Waals surface area contributed by atoms with E-state index in [9.17, 15) is 4.79 Å². The van der Waals surface area contributed by atoms with Crippen molar-refractivity contribution >= 4 is 5.91 Å². The Hall–Kier alpha value is -2.64. The molecule has 0 radical (unpaired) electrons. The van der Waals surface area contributed by atoms with Crippen LogP contribution < -0.4 is 9.47 Å². The second-order valence-electron chi connectivity index (χ2n) is 7.95. The highest BCUT2D eigenvalue weighted by Crippen LogP contribution is 2.24. The van der Waals surface area contributed by atoms with Crippen LogP contribution in [0.4, 0.5) is 0 Å². The van der Waals surface area contributed by atoms with Crippen molar-refractivity contribution in [2.45, 2.75) is 32.6 Å². The molecule has 3 heterocycles. The fraction of sp³-hybridized carbons (Fsp3) is 0.579. The third-order valence-corrected chi connectivity index (χ3v) is 4.67. The zero-order valence-corrected chi connectivity index (χ0v) is 16.6. The van der Waals surface area contributed by atoms with Crippen molar-refractivity contribution in [3.63, 3.8) is 0 Å². The quantitative estimate of drug-likeness (QED) is 0.798. The maximum absolute atomic E-state index is 12.7. The highest BCUT2D eigenvalue weighted by Gasteiger charge is 2.30. The fourth-order valence-electron chi connectivity index (χ4n) is 3.09. The first kappa shape index (κ1) is 19.1. The zero-order valence-electron chi connectivity index (χ0n) is 16.6. The predicted octanol–water partition coefficient (Wildman–Crippen LogP) is 2.06. The van der Waals surface area contributed by atoms with Crippen LogP contribution >= 0.6 is 0 Å². The minimum Gasteiger partial charge on any atom is -0.479 e. The number of aryl methyl sites for hydroxylation is 1. The summed E-state index contributed by atoms with van der Waals surface area (Å²) in [4.78, 5) is 14.5. The van der Waals surface area contributed by atoms with Crippen LogP contribution in [0.15, 0.2) is 18.3 Å². The molecule has 0 N–H and O–H groups in total. The minimum absolute atomic E-state index is 0.0365. The molecule has 0 aromatic carbocycles. The highest BCUT2D eigenvalue weighted by atomic mass is 16.5. The Balaban J connectivity index is 1.54. The number of methoxy groups -OCH3 is 1. The SMILES string of the molecule is COc1nn(C)cc1C(=O)N1CCC(COc2ccc(C(C)(C)C)nn2)C1. The lowest BCUT2D eigenvalue weighted by molar-refractivity contribution is 0.0779. The van der Waals surface area contributed by atoms with Crippen molar-refractivity contribution < 1.29 is 14.3 Å². The number of amides is 1. The molecule has 0 bridgehead atoms. The van der Waals surface area contributed by atoms with Gasteiger partial charge in [0, 0.05) is 43.7 Å². The Morgan fingerprint density at radius 2 is 2.07 bits per heavy atom. The van der Waals surface area contributed by atoms with Gasteiger partial charge in [-0.1, -0.05) is 20.8 Å². The van der Waals surface area contributed by atoms with E-state index in [1.165, 1.54) is 7.11 Å². The van der Waals surface area contributed by atoms with Gasteiger partial charge in [0.05, 0.1) is 19.4 Å². The first-order valence-corrected chi connectivity index (χ1v) is 9.12. The lowest BCUT2D eigenvalue weighted by atomic mass is 9.92. The van der Waals surface area contributed by atoms with E-state index in [4.69, 9.17) is 9.47 Å². The summed E-state index contributed by atoms with van der Waals surface area (Å²) in [6, 6.07) is 3.80. The predicted molar refractivity (Wildman–Crippen MR) is 100.0 cm³/mol. The summed E-state index contributed by atoms with van der Waals surface area (Å²) < 4.78 is 12.6. The van der Waals surface area contributed by atoms with Crippen LogP contribution in [0.25, 0.3) is 0 Å². The molecule has 1 atom stereocenters. The number of hydrogen-bond acceptors (Lipinski definition) is 6. The van der Waals surface area contributed by atoms with Gasteiger partial charge in [-0.2, -0.15) is 5.10 Å². The summed E-state index contributed by atoms with van der Waals surface area (Å²) in [6.45, 7) is 8.14. The number of carbonyl (C=O) groups excluding carboxylic acids is 1. The smallest absolute Gasteiger partial charge is 0.260 e. The second-order valence-corrected chi connectivity index (χ2v) is 7.95. The van der Waals surface area contributed by atoms with Gasteiger partial charge in [0.2, 0.25) is 11.8 Å². The highest BCUT2D eigenvalue weighted by molar-refractivity contribution is 5.96. The topological polar surface area (TPSA) is 82.4 Å². The third kappa shape index (κ3) is 4.37. The lowest BCUT2D eigenvalue weighted by Crippen LogP contribution is -2.29. The molecule has 8 nitrogen and oxygen atoms in total. The fourth-order valence-corrected chi connectivity index (χ4v) is 3.09. The summed E-state index contributed by atoms with van der Waals surface area (Å²) >= 11 is 0. The van der Waals surface area contributed by atoms with E-state index >= 15 is 0 Å². The molecule has 2 aromatic rings. The lowest BCUT2D eigenvalue weighted by Gasteiger charge is -2.17. The van der Waals surface area contributed by atoms with Crippen molar-refractivity contribution in [3.05, 3.63) is 29.6 Å². The van der Waals surface area contributed by atoms with E-state index < -0.39 is 0 Å². The number of aromatic nitrogens is 4. The molecular weight excluding hydrogens is 346 g/mol. The van der Waals surface area contributed by atoms with Crippen LogP contribution in [0.5, 0.6) is 11.8 Å². The van der Waals surface area contributed by atoms with Crippen LogP contribution in [0.2, 0.25) is 0 Å². The van der Waals surface area contributed by atoms with Crippen LogP contribution in [0.1, 0.15) is 43.2 Å². The van der Waals surface area contributed by atoms with Gasteiger partial charge in [-0.05, 0) is 12.5 Å². The molecule has 0 aliphatic carbocycles. The summed E-state index contributed by atoms with van der Waals surface area (Å²) in [5.74, 6) is 1.08. The van der Waals surface area contributed by atoms with Crippen molar-refractivity contribution in [3.8, 4) is 11.8 Å². The Bertz CT molecular complexity index is 795. The van der Waals surface area contributed by atoms with E-state index in [1.54, 1.807) is 17.9 Å². The molecule has 0 spiro atoms. The second kappa shape index (κ2) is 7.54. The molecule has 1 amide bonds. The summed E-state index contributed by atoms with van der Waals surface area (Å²) in [5, 5.41) is 12.5. The van der Waals surface area contributed by atoms with Gasteiger partial charge in [-0.15, -0.1) is 10.2 Å². The number of nitrogens with zero attached hydrogens (tertiary/aromatic N) is 5. The first-order valence-electron chi connectivity index (χ1n) is 9.12. The van der Waals surface area contributed by atoms with E-state index in [-0.39, 0.29) is 17.2 Å². The molecular formula is C19H27N5O3. The number of hydrogen-bond donors (Lipinski definition) is 0. The van der Waals surface area contributed by atoms with Gasteiger partial charge in [0.15, 0.2) is 0 Å². The standard InChI is InChI=1S/C19H27N5O3/c1-19(2,3)15-6-7-16(21-20-15)27-12-13-8-9-24(10-13)18(25)14-11-23(4)22-17(14)26-5/h6-7,11,13H,8-10,12H2,1-5H3. The first-order chi connectivity index (χ1) is 12.8. The van der Waals surface area contributed by atoms with Crippen LogP contribution in [-0.4, -0.2) is 57.6 Å². The van der Waals surface area contributed by atoms with Gasteiger partial charge < -0.3 is 14.4 Å². The van der Waals surface area contributed by atoms with E-state index in [0.717, 1.165) is 12.1 Å². The van der Waals surface area contributed by atoms with Gasteiger partial charge in [0.25, 0.3) is 5.91 Å². The summed E-state index contributed by atoms with van der Waals surface area (Å²) in [6.07, 6.45) is 2.58. The Morgan fingerprint density at radius 1 is 1.30 bits per heavy atom. The van der Waals surface area contributed by atoms with Gasteiger partial charge >= 0.3 is 0 Å².